The van der Waals surface area contributed by atoms with Crippen LogP contribution in [0.2, 0.25) is 0 Å². The van der Waals surface area contributed by atoms with E-state index in [1.54, 1.807) is 11.3 Å². The summed E-state index contributed by atoms with van der Waals surface area (Å²) in [5, 5.41) is 3.59. The van der Waals surface area contributed by atoms with Gasteiger partial charge in [0.1, 0.15) is 0 Å². The first kappa shape index (κ1) is 13.2. The number of halogens is 1. The second kappa shape index (κ2) is 5.27. The molecule has 19 heavy (non-hydrogen) atoms. The average Bonchev–Trinajstić information content (AvgIpc) is 3.07. The predicted molar refractivity (Wildman–Crippen MR) is 85.5 cm³/mol. The molecule has 3 rings (SSSR count). The zero-order chi connectivity index (χ0) is 13.3. The summed E-state index contributed by atoms with van der Waals surface area (Å²) < 4.78 is 1.20. The fourth-order valence-corrected chi connectivity index (χ4v) is 3.88. The molecule has 1 fully saturated rings. The van der Waals surface area contributed by atoms with E-state index in [1.807, 2.05) is 12.1 Å². The quantitative estimate of drug-likeness (QED) is 0.812. The fourth-order valence-electron chi connectivity index (χ4n) is 2.43. The summed E-state index contributed by atoms with van der Waals surface area (Å²) in [6.07, 6.45) is 2.55. The molecule has 0 bridgehead atoms. The lowest BCUT2D eigenvalue weighted by Gasteiger charge is -2.16. The predicted octanol–water partition coefficient (Wildman–Crippen LogP) is 3.91. The van der Waals surface area contributed by atoms with Gasteiger partial charge in [0.25, 0.3) is 0 Å². The van der Waals surface area contributed by atoms with E-state index in [2.05, 4.69) is 45.5 Å². The molecule has 3 N–H and O–H groups in total. The Morgan fingerprint density at radius 1 is 1.16 bits per heavy atom. The highest BCUT2D eigenvalue weighted by molar-refractivity contribution is 9.11. The Morgan fingerprint density at radius 2 is 1.89 bits per heavy atom. The SMILES string of the molecule is Nc1ccc(C2(CNCc3ccc(Br)s3)CC2)cc1. The van der Waals surface area contributed by atoms with Gasteiger partial charge >= 0.3 is 0 Å². The van der Waals surface area contributed by atoms with Gasteiger partial charge in [0, 0.05) is 29.1 Å². The summed E-state index contributed by atoms with van der Waals surface area (Å²) in [5.41, 5.74) is 8.36. The van der Waals surface area contributed by atoms with Crippen molar-refractivity contribution in [1.82, 2.24) is 5.32 Å². The van der Waals surface area contributed by atoms with Gasteiger partial charge in [-0.2, -0.15) is 0 Å². The molecular formula is C15H17BrN2S. The molecular weight excluding hydrogens is 320 g/mol. The number of rotatable bonds is 5. The van der Waals surface area contributed by atoms with Crippen molar-refractivity contribution in [2.75, 3.05) is 12.3 Å². The van der Waals surface area contributed by atoms with Gasteiger partial charge in [-0.05, 0) is 58.6 Å². The maximum absolute atomic E-state index is 5.75. The number of thiophene rings is 1. The lowest BCUT2D eigenvalue weighted by atomic mass is 9.96. The van der Waals surface area contributed by atoms with E-state index >= 15 is 0 Å². The Hall–Kier alpha value is -0.840. The van der Waals surface area contributed by atoms with Crippen LogP contribution in [0.1, 0.15) is 23.3 Å². The number of anilines is 1. The zero-order valence-electron chi connectivity index (χ0n) is 10.7. The number of benzene rings is 1. The Labute approximate surface area is 126 Å². The van der Waals surface area contributed by atoms with Crippen LogP contribution in [-0.2, 0) is 12.0 Å². The van der Waals surface area contributed by atoms with Gasteiger partial charge in [-0.25, -0.2) is 0 Å². The largest absolute Gasteiger partial charge is 0.399 e. The van der Waals surface area contributed by atoms with Gasteiger partial charge in [-0.15, -0.1) is 11.3 Å². The maximum Gasteiger partial charge on any atom is 0.0701 e. The highest BCUT2D eigenvalue weighted by Gasteiger charge is 2.43. The lowest BCUT2D eigenvalue weighted by Crippen LogP contribution is -2.26. The van der Waals surface area contributed by atoms with E-state index in [9.17, 15) is 0 Å². The monoisotopic (exact) mass is 336 g/mol. The maximum atomic E-state index is 5.75. The van der Waals surface area contributed by atoms with Crippen molar-refractivity contribution in [3.05, 3.63) is 50.6 Å². The minimum Gasteiger partial charge on any atom is -0.399 e. The van der Waals surface area contributed by atoms with Crippen LogP contribution >= 0.6 is 27.3 Å². The number of hydrogen-bond acceptors (Lipinski definition) is 3. The molecule has 0 atom stereocenters. The third-order valence-corrected chi connectivity index (χ3v) is 5.39. The zero-order valence-corrected chi connectivity index (χ0v) is 13.1. The van der Waals surface area contributed by atoms with Crippen LogP contribution in [-0.4, -0.2) is 6.54 Å². The second-order valence-electron chi connectivity index (χ2n) is 5.21. The smallest absolute Gasteiger partial charge is 0.0701 e. The molecule has 1 aromatic carbocycles. The van der Waals surface area contributed by atoms with Crippen molar-refractivity contribution >= 4 is 33.0 Å². The summed E-state index contributed by atoms with van der Waals surface area (Å²) in [5.74, 6) is 0. The number of nitrogens with two attached hydrogens (primary N) is 1. The minimum absolute atomic E-state index is 0.349. The van der Waals surface area contributed by atoms with Gasteiger partial charge in [0.2, 0.25) is 0 Å². The summed E-state index contributed by atoms with van der Waals surface area (Å²) in [6, 6.07) is 12.6. The molecule has 0 saturated heterocycles. The first-order chi connectivity index (χ1) is 9.18. The average molecular weight is 337 g/mol. The minimum atomic E-state index is 0.349. The molecule has 1 aliphatic rings. The summed E-state index contributed by atoms with van der Waals surface area (Å²) in [7, 11) is 0. The van der Waals surface area contributed by atoms with Gasteiger partial charge in [-0.3, -0.25) is 0 Å². The van der Waals surface area contributed by atoms with Crippen molar-refractivity contribution < 1.29 is 0 Å². The summed E-state index contributed by atoms with van der Waals surface area (Å²) in [4.78, 5) is 1.37. The number of nitrogens with one attached hydrogen (secondary N) is 1. The van der Waals surface area contributed by atoms with Crippen LogP contribution in [0.3, 0.4) is 0 Å². The third-order valence-electron chi connectivity index (χ3n) is 3.77. The normalized spacial score (nSPS) is 16.5. The highest BCUT2D eigenvalue weighted by Crippen LogP contribution is 2.47. The van der Waals surface area contributed by atoms with Gasteiger partial charge in [0.05, 0.1) is 3.79 Å². The molecule has 1 saturated carbocycles. The molecule has 0 radical (unpaired) electrons. The molecule has 4 heteroatoms. The van der Waals surface area contributed by atoms with Crippen LogP contribution in [0, 0.1) is 0 Å². The van der Waals surface area contributed by atoms with Gasteiger partial charge < -0.3 is 11.1 Å². The van der Waals surface area contributed by atoms with Crippen molar-refractivity contribution in [1.29, 1.82) is 0 Å². The van der Waals surface area contributed by atoms with Crippen LogP contribution in [0.25, 0.3) is 0 Å². The fraction of sp³-hybridized carbons (Fsp3) is 0.333. The third kappa shape index (κ3) is 3.02. The van der Waals surface area contributed by atoms with Gasteiger partial charge in [-0.1, -0.05) is 12.1 Å². The van der Waals surface area contributed by atoms with E-state index < -0.39 is 0 Å². The van der Waals surface area contributed by atoms with E-state index in [-0.39, 0.29) is 0 Å². The van der Waals surface area contributed by atoms with Crippen LogP contribution in [0.5, 0.6) is 0 Å². The number of hydrogen-bond donors (Lipinski definition) is 2. The Balaban J connectivity index is 1.59. The van der Waals surface area contributed by atoms with Crippen LogP contribution < -0.4 is 11.1 Å². The number of nitrogen functional groups attached to an aromatic ring is 1. The molecule has 1 aromatic heterocycles. The summed E-state index contributed by atoms with van der Waals surface area (Å²) >= 11 is 5.29. The molecule has 2 nitrogen and oxygen atoms in total. The van der Waals surface area contributed by atoms with E-state index in [1.165, 1.54) is 27.1 Å². The van der Waals surface area contributed by atoms with Crippen molar-refractivity contribution in [3.63, 3.8) is 0 Å². The highest BCUT2D eigenvalue weighted by atomic mass is 79.9. The standard InChI is InChI=1S/C15H17BrN2S/c16-14-6-5-13(19-14)9-18-10-15(7-8-15)11-1-3-12(17)4-2-11/h1-6,18H,7-10,17H2. The molecule has 1 heterocycles. The van der Waals surface area contributed by atoms with Crippen molar-refractivity contribution in [3.8, 4) is 0 Å². The first-order valence-corrected chi connectivity index (χ1v) is 8.10. The molecule has 0 spiro atoms. The van der Waals surface area contributed by atoms with Crippen LogP contribution in [0.4, 0.5) is 5.69 Å². The summed E-state index contributed by atoms with van der Waals surface area (Å²) in [6.45, 7) is 2.00. The first-order valence-electron chi connectivity index (χ1n) is 6.49. The molecule has 2 aromatic rings. The molecule has 0 amide bonds. The molecule has 100 valence electrons. The topological polar surface area (TPSA) is 38.0 Å². The van der Waals surface area contributed by atoms with E-state index in [0.29, 0.717) is 5.41 Å². The molecule has 0 aliphatic heterocycles. The second-order valence-corrected chi connectivity index (χ2v) is 7.76. The lowest BCUT2D eigenvalue weighted by molar-refractivity contribution is 0.577. The Bertz CT molecular complexity index is 558. The van der Waals surface area contributed by atoms with Crippen molar-refractivity contribution in [2.24, 2.45) is 0 Å². The van der Waals surface area contributed by atoms with Crippen molar-refractivity contribution in [2.45, 2.75) is 24.8 Å². The van der Waals surface area contributed by atoms with Crippen LogP contribution in [0.15, 0.2) is 40.2 Å². The molecule has 0 unspecified atom stereocenters. The Kier molecular flexibility index (Phi) is 3.65. The molecule has 1 aliphatic carbocycles. The van der Waals surface area contributed by atoms with E-state index in [0.717, 1.165) is 18.8 Å². The van der Waals surface area contributed by atoms with E-state index in [4.69, 9.17) is 5.73 Å². The van der Waals surface area contributed by atoms with Gasteiger partial charge in [0.15, 0.2) is 0 Å². The Morgan fingerprint density at radius 3 is 2.47 bits per heavy atom.